The van der Waals surface area contributed by atoms with E-state index in [1.54, 1.807) is 18.2 Å². The molecule has 0 unspecified atom stereocenters. The van der Waals surface area contributed by atoms with Crippen LogP contribution in [0.25, 0.3) is 0 Å². The Kier molecular flexibility index (Phi) is 4.21. The number of benzene rings is 1. The van der Waals surface area contributed by atoms with Gasteiger partial charge in [-0.05, 0) is 40.2 Å². The third-order valence-electron chi connectivity index (χ3n) is 2.21. The zero-order chi connectivity index (χ0) is 13.1. The second kappa shape index (κ2) is 5.69. The molecule has 0 atom stereocenters. The highest BCUT2D eigenvalue weighted by molar-refractivity contribution is 9.10. The van der Waals surface area contributed by atoms with Crippen molar-refractivity contribution in [2.45, 2.75) is 6.54 Å². The fraction of sp³-hybridized carbons (Fsp3) is 0.0909. The molecule has 1 N–H and O–H groups in total. The summed E-state index contributed by atoms with van der Waals surface area (Å²) in [7, 11) is 0. The van der Waals surface area contributed by atoms with Crippen molar-refractivity contribution in [3.05, 3.63) is 54.8 Å². The highest BCUT2D eigenvalue weighted by Gasteiger charge is 2.09. The van der Waals surface area contributed by atoms with E-state index in [0.29, 0.717) is 11.6 Å². The van der Waals surface area contributed by atoms with E-state index in [9.17, 15) is 10.1 Å². The maximum absolute atomic E-state index is 10.6. The number of hydrogen-bond donors (Lipinski definition) is 1. The van der Waals surface area contributed by atoms with Crippen molar-refractivity contribution in [3.63, 3.8) is 0 Å². The third kappa shape index (κ3) is 3.22. The molecule has 0 saturated heterocycles. The van der Waals surface area contributed by atoms with Gasteiger partial charge in [0.1, 0.15) is 0 Å². The first-order valence-corrected chi connectivity index (χ1v) is 6.97. The fourth-order valence-corrected chi connectivity index (χ4v) is 2.69. The van der Waals surface area contributed by atoms with Crippen LogP contribution in [0.4, 0.5) is 10.7 Å². The monoisotopic (exact) mass is 346 g/mol. The molecule has 0 aliphatic heterocycles. The van der Waals surface area contributed by atoms with Crippen molar-refractivity contribution < 1.29 is 4.92 Å². The zero-order valence-corrected chi connectivity index (χ0v) is 12.2. The summed E-state index contributed by atoms with van der Waals surface area (Å²) in [5.41, 5.74) is 0.860. The Morgan fingerprint density at radius 1 is 1.39 bits per heavy atom. The average molecular weight is 348 g/mol. The van der Waals surface area contributed by atoms with Gasteiger partial charge >= 0.3 is 5.00 Å². The number of nitro groups is 1. The summed E-state index contributed by atoms with van der Waals surface area (Å²) in [6, 6.07) is 8.69. The summed E-state index contributed by atoms with van der Waals surface area (Å²) < 4.78 is 0.901. The van der Waals surface area contributed by atoms with E-state index in [-0.39, 0.29) is 9.92 Å². The van der Waals surface area contributed by atoms with Crippen molar-refractivity contribution in [1.82, 2.24) is 0 Å². The number of halogens is 2. The third-order valence-corrected chi connectivity index (χ3v) is 4.17. The minimum Gasteiger partial charge on any atom is -0.379 e. The lowest BCUT2D eigenvalue weighted by Gasteiger charge is -2.07. The van der Waals surface area contributed by atoms with E-state index in [1.165, 1.54) is 6.07 Å². The molecule has 18 heavy (non-hydrogen) atoms. The van der Waals surface area contributed by atoms with E-state index in [0.717, 1.165) is 26.4 Å². The van der Waals surface area contributed by atoms with Crippen LogP contribution in [0, 0.1) is 10.1 Å². The van der Waals surface area contributed by atoms with Crippen LogP contribution < -0.4 is 5.32 Å². The zero-order valence-electron chi connectivity index (χ0n) is 9.02. The molecule has 1 aromatic heterocycles. The molecule has 0 aliphatic rings. The minimum absolute atomic E-state index is 0.150. The molecule has 0 fully saturated rings. The molecule has 2 rings (SSSR count). The van der Waals surface area contributed by atoms with Gasteiger partial charge < -0.3 is 5.32 Å². The van der Waals surface area contributed by atoms with E-state index >= 15 is 0 Å². The van der Waals surface area contributed by atoms with Gasteiger partial charge in [0.2, 0.25) is 0 Å². The van der Waals surface area contributed by atoms with Crippen LogP contribution in [0.3, 0.4) is 0 Å². The van der Waals surface area contributed by atoms with Crippen LogP contribution in [-0.4, -0.2) is 4.92 Å². The maximum atomic E-state index is 10.6. The lowest BCUT2D eigenvalue weighted by molar-refractivity contribution is -0.380. The van der Waals surface area contributed by atoms with Crippen LogP contribution >= 0.6 is 38.9 Å². The number of thiophene rings is 1. The van der Waals surface area contributed by atoms with Crippen molar-refractivity contribution in [3.8, 4) is 0 Å². The van der Waals surface area contributed by atoms with Crippen molar-refractivity contribution >= 4 is 49.6 Å². The summed E-state index contributed by atoms with van der Waals surface area (Å²) in [5.74, 6) is 0. The van der Waals surface area contributed by atoms with Gasteiger partial charge in [0.15, 0.2) is 0 Å². The Morgan fingerprint density at radius 3 is 2.83 bits per heavy atom. The summed E-state index contributed by atoms with van der Waals surface area (Å²) in [5, 5.41) is 14.5. The quantitative estimate of drug-likeness (QED) is 0.645. The molecule has 0 saturated carbocycles. The summed E-state index contributed by atoms with van der Waals surface area (Å²) >= 11 is 10.5. The minimum atomic E-state index is -0.385. The first-order valence-electron chi connectivity index (χ1n) is 4.98. The van der Waals surface area contributed by atoms with Crippen LogP contribution in [0.5, 0.6) is 0 Å². The van der Waals surface area contributed by atoms with E-state index in [4.69, 9.17) is 11.6 Å². The summed E-state index contributed by atoms with van der Waals surface area (Å²) in [6.45, 7) is 0.525. The molecular formula is C11H8BrClN2O2S. The number of nitrogens with one attached hydrogen (secondary N) is 1. The number of hydrogen-bond acceptors (Lipinski definition) is 4. The van der Waals surface area contributed by atoms with E-state index in [1.807, 2.05) is 6.07 Å². The first-order chi connectivity index (χ1) is 8.56. The number of nitrogens with zero attached hydrogens (tertiary/aromatic N) is 1. The van der Waals surface area contributed by atoms with Gasteiger partial charge in [0, 0.05) is 27.0 Å². The van der Waals surface area contributed by atoms with Crippen LogP contribution in [0.15, 0.2) is 34.8 Å². The normalized spacial score (nSPS) is 10.3. The Labute approximate surface area is 121 Å². The lowest BCUT2D eigenvalue weighted by Crippen LogP contribution is -1.97. The van der Waals surface area contributed by atoms with Gasteiger partial charge in [0.25, 0.3) is 0 Å². The van der Waals surface area contributed by atoms with Crippen LogP contribution in [0.2, 0.25) is 5.02 Å². The Hall–Kier alpha value is -1.11. The number of anilines is 1. The Bertz CT molecular complexity index is 588. The highest BCUT2D eigenvalue weighted by atomic mass is 79.9. The van der Waals surface area contributed by atoms with Gasteiger partial charge in [-0.2, -0.15) is 0 Å². The molecule has 1 heterocycles. The largest absolute Gasteiger partial charge is 0.379 e. The predicted octanol–water partition coefficient (Wildman–Crippen LogP) is 4.68. The fourth-order valence-electron chi connectivity index (χ4n) is 1.38. The molecule has 0 aliphatic carbocycles. The van der Waals surface area contributed by atoms with E-state index in [2.05, 4.69) is 21.2 Å². The smallest absolute Gasteiger partial charge is 0.324 e. The summed E-state index contributed by atoms with van der Waals surface area (Å²) in [4.78, 5) is 11.1. The second-order valence-electron chi connectivity index (χ2n) is 3.47. The first kappa shape index (κ1) is 13.3. The SMILES string of the molecule is O=[N+]([O-])c1ccc(CNc2cc(Cl)ccc2Br)s1. The maximum Gasteiger partial charge on any atom is 0.324 e. The molecule has 7 heteroatoms. The predicted molar refractivity (Wildman–Crippen MR) is 77.5 cm³/mol. The molecular weight excluding hydrogens is 340 g/mol. The van der Waals surface area contributed by atoms with Gasteiger partial charge in [0.05, 0.1) is 10.6 Å². The lowest BCUT2D eigenvalue weighted by atomic mass is 10.3. The molecule has 4 nitrogen and oxygen atoms in total. The van der Waals surface area contributed by atoms with Gasteiger partial charge in [-0.15, -0.1) is 0 Å². The van der Waals surface area contributed by atoms with Gasteiger partial charge in [-0.25, -0.2) is 0 Å². The second-order valence-corrected chi connectivity index (χ2v) is 5.91. The molecule has 1 aromatic carbocycles. The Morgan fingerprint density at radius 2 is 2.17 bits per heavy atom. The number of rotatable bonds is 4. The molecule has 0 bridgehead atoms. The van der Waals surface area contributed by atoms with Gasteiger partial charge in [-0.3, -0.25) is 10.1 Å². The van der Waals surface area contributed by atoms with Gasteiger partial charge in [-0.1, -0.05) is 22.9 Å². The molecule has 0 radical (unpaired) electrons. The summed E-state index contributed by atoms with van der Waals surface area (Å²) in [6.07, 6.45) is 0. The van der Waals surface area contributed by atoms with Crippen LogP contribution in [0.1, 0.15) is 4.88 Å². The molecule has 2 aromatic rings. The Balaban J connectivity index is 2.06. The standard InChI is InChI=1S/C11H8BrClN2O2S/c12-9-3-1-7(13)5-10(9)14-6-8-2-4-11(18-8)15(16)17/h1-5,14H,6H2. The van der Waals surface area contributed by atoms with Crippen molar-refractivity contribution in [2.24, 2.45) is 0 Å². The van der Waals surface area contributed by atoms with Crippen molar-refractivity contribution in [1.29, 1.82) is 0 Å². The van der Waals surface area contributed by atoms with Crippen molar-refractivity contribution in [2.75, 3.05) is 5.32 Å². The highest BCUT2D eigenvalue weighted by Crippen LogP contribution is 2.28. The average Bonchev–Trinajstić information content (AvgIpc) is 2.79. The topological polar surface area (TPSA) is 55.2 Å². The molecule has 94 valence electrons. The molecule has 0 spiro atoms. The van der Waals surface area contributed by atoms with E-state index < -0.39 is 0 Å². The molecule has 0 amide bonds. The van der Waals surface area contributed by atoms with Crippen LogP contribution in [-0.2, 0) is 6.54 Å².